The van der Waals surface area contributed by atoms with Crippen LogP contribution in [0.5, 0.6) is 0 Å². The Morgan fingerprint density at radius 1 is 1.60 bits per heavy atom. The van der Waals surface area contributed by atoms with Crippen molar-refractivity contribution in [1.82, 2.24) is 15.2 Å². The summed E-state index contributed by atoms with van der Waals surface area (Å²) < 4.78 is 0. The molecule has 0 aromatic carbocycles. The predicted octanol–water partition coefficient (Wildman–Crippen LogP) is 2.43. The van der Waals surface area contributed by atoms with E-state index in [1.807, 2.05) is 24.3 Å². The van der Waals surface area contributed by atoms with Crippen LogP contribution in [0.15, 0.2) is 5.51 Å². The van der Waals surface area contributed by atoms with Gasteiger partial charge in [0, 0.05) is 36.5 Å². The van der Waals surface area contributed by atoms with Gasteiger partial charge in [-0.15, -0.1) is 11.3 Å². The highest BCUT2D eigenvalue weighted by molar-refractivity contribution is 7.09. The molecule has 0 aliphatic carbocycles. The quantitative estimate of drug-likeness (QED) is 0.928. The largest absolute Gasteiger partial charge is 0.342 e. The Balaban J connectivity index is 1.84. The zero-order valence-corrected chi connectivity index (χ0v) is 13.7. The van der Waals surface area contributed by atoms with Gasteiger partial charge in [0.15, 0.2) is 0 Å². The maximum Gasteiger partial charge on any atom is 0.225 e. The third-order valence-corrected chi connectivity index (χ3v) is 5.02. The Morgan fingerprint density at radius 3 is 2.90 bits per heavy atom. The first kappa shape index (κ1) is 15.4. The second kappa shape index (κ2) is 6.68. The molecular weight excluding hydrogens is 270 g/mol. The third-order valence-electron chi connectivity index (χ3n) is 4.08. The molecule has 1 N–H and O–H groups in total. The van der Waals surface area contributed by atoms with Gasteiger partial charge < -0.3 is 10.2 Å². The van der Waals surface area contributed by atoms with Crippen molar-refractivity contribution in [3.8, 4) is 0 Å². The van der Waals surface area contributed by atoms with E-state index >= 15 is 0 Å². The molecule has 1 fully saturated rings. The lowest BCUT2D eigenvalue weighted by Crippen LogP contribution is -2.50. The fourth-order valence-electron chi connectivity index (χ4n) is 2.73. The lowest BCUT2D eigenvalue weighted by molar-refractivity contribution is -0.136. The van der Waals surface area contributed by atoms with Gasteiger partial charge in [-0.2, -0.15) is 0 Å². The summed E-state index contributed by atoms with van der Waals surface area (Å²) in [4.78, 5) is 19.7. The van der Waals surface area contributed by atoms with Crippen LogP contribution in [0.4, 0.5) is 0 Å². The first-order valence-electron chi connectivity index (χ1n) is 7.40. The van der Waals surface area contributed by atoms with Crippen LogP contribution >= 0.6 is 11.3 Å². The normalized spacial score (nSPS) is 23.4. The number of piperidine rings is 1. The molecule has 0 radical (unpaired) electrons. The maximum absolute atomic E-state index is 12.0. The van der Waals surface area contributed by atoms with Crippen LogP contribution in [0.3, 0.4) is 0 Å². The lowest BCUT2D eigenvalue weighted by Gasteiger charge is -2.38. The number of aromatic nitrogens is 1. The molecular formula is C15H25N3OS. The van der Waals surface area contributed by atoms with Gasteiger partial charge in [0.1, 0.15) is 0 Å². The molecule has 1 aromatic heterocycles. The minimum Gasteiger partial charge on any atom is -0.342 e. The summed E-state index contributed by atoms with van der Waals surface area (Å²) >= 11 is 1.71. The van der Waals surface area contributed by atoms with E-state index in [2.05, 4.69) is 24.1 Å². The molecule has 2 heterocycles. The fourth-order valence-corrected chi connectivity index (χ4v) is 3.46. The Morgan fingerprint density at radius 2 is 2.35 bits per heavy atom. The van der Waals surface area contributed by atoms with Crippen LogP contribution in [0.1, 0.15) is 37.8 Å². The van der Waals surface area contributed by atoms with E-state index < -0.39 is 0 Å². The Labute approximate surface area is 125 Å². The number of hydrogen-bond donors (Lipinski definition) is 1. The van der Waals surface area contributed by atoms with E-state index in [4.69, 9.17) is 0 Å². The summed E-state index contributed by atoms with van der Waals surface area (Å²) in [6.45, 7) is 10.9. The molecule has 1 amide bonds. The third kappa shape index (κ3) is 3.58. The van der Waals surface area contributed by atoms with Gasteiger partial charge in [0.25, 0.3) is 0 Å². The van der Waals surface area contributed by atoms with Crippen LogP contribution in [0.2, 0.25) is 0 Å². The number of likely N-dealkylation sites (tertiary alicyclic amines) is 1. The Kier molecular flexibility index (Phi) is 5.16. The van der Waals surface area contributed by atoms with Gasteiger partial charge in [0.2, 0.25) is 5.91 Å². The molecule has 1 aliphatic heterocycles. The second-order valence-electron chi connectivity index (χ2n) is 6.05. The van der Waals surface area contributed by atoms with E-state index in [0.717, 1.165) is 31.7 Å². The molecule has 0 bridgehead atoms. The number of thiazole rings is 1. The van der Waals surface area contributed by atoms with Crippen LogP contribution < -0.4 is 5.32 Å². The highest BCUT2D eigenvalue weighted by Crippen LogP contribution is 2.20. The first-order chi connectivity index (χ1) is 9.49. The van der Waals surface area contributed by atoms with Crippen molar-refractivity contribution in [2.45, 2.75) is 46.7 Å². The molecule has 1 aliphatic rings. The smallest absolute Gasteiger partial charge is 0.225 e. The fraction of sp³-hybridized carbons (Fsp3) is 0.733. The number of nitrogens with zero attached hydrogens (tertiary/aromatic N) is 2. The topological polar surface area (TPSA) is 45.2 Å². The van der Waals surface area contributed by atoms with Crippen molar-refractivity contribution < 1.29 is 4.79 Å². The van der Waals surface area contributed by atoms with E-state index in [-0.39, 0.29) is 11.8 Å². The molecule has 2 atom stereocenters. The Hall–Kier alpha value is -0.940. The number of amides is 1. The van der Waals surface area contributed by atoms with Crippen LogP contribution in [-0.2, 0) is 11.3 Å². The van der Waals surface area contributed by atoms with Crippen molar-refractivity contribution >= 4 is 17.2 Å². The van der Waals surface area contributed by atoms with Crippen molar-refractivity contribution in [3.05, 3.63) is 16.1 Å². The molecule has 20 heavy (non-hydrogen) atoms. The molecule has 1 aromatic rings. The number of nitrogens with one attached hydrogen (secondary N) is 1. The minimum atomic E-state index is 0.103. The van der Waals surface area contributed by atoms with Crippen LogP contribution in [-0.4, -0.2) is 34.9 Å². The molecule has 0 spiro atoms. The van der Waals surface area contributed by atoms with Crippen LogP contribution in [0.25, 0.3) is 0 Å². The molecule has 2 rings (SSSR count). The number of hydrogen-bond acceptors (Lipinski definition) is 4. The predicted molar refractivity (Wildman–Crippen MR) is 82.7 cm³/mol. The highest BCUT2D eigenvalue weighted by atomic mass is 32.1. The van der Waals surface area contributed by atoms with E-state index in [1.165, 1.54) is 4.88 Å². The summed E-state index contributed by atoms with van der Waals surface area (Å²) in [5.74, 6) is 0.889. The zero-order chi connectivity index (χ0) is 14.7. The van der Waals surface area contributed by atoms with Crippen molar-refractivity contribution in [1.29, 1.82) is 0 Å². The average Bonchev–Trinajstić information content (AvgIpc) is 2.82. The molecule has 1 saturated heterocycles. The molecule has 0 saturated carbocycles. The van der Waals surface area contributed by atoms with E-state index in [0.29, 0.717) is 12.0 Å². The molecule has 112 valence electrons. The molecule has 4 nitrogen and oxygen atoms in total. The van der Waals surface area contributed by atoms with Crippen molar-refractivity contribution in [2.75, 3.05) is 13.1 Å². The van der Waals surface area contributed by atoms with Gasteiger partial charge in [-0.3, -0.25) is 4.79 Å². The summed E-state index contributed by atoms with van der Waals surface area (Å²) in [5, 5.41) is 3.64. The van der Waals surface area contributed by atoms with Crippen LogP contribution in [0, 0.1) is 18.8 Å². The minimum absolute atomic E-state index is 0.103. The zero-order valence-electron chi connectivity index (χ0n) is 12.8. The first-order valence-corrected chi connectivity index (χ1v) is 8.28. The summed E-state index contributed by atoms with van der Waals surface area (Å²) in [5.41, 5.74) is 3.03. The Bertz CT molecular complexity index is 458. The number of rotatable bonds is 4. The second-order valence-corrected chi connectivity index (χ2v) is 6.99. The monoisotopic (exact) mass is 295 g/mol. The number of carbonyl (C=O) groups excluding carboxylic acids is 1. The average molecular weight is 295 g/mol. The summed E-state index contributed by atoms with van der Waals surface area (Å²) in [7, 11) is 0. The molecule has 5 heteroatoms. The van der Waals surface area contributed by atoms with E-state index in [9.17, 15) is 4.79 Å². The van der Waals surface area contributed by atoms with Gasteiger partial charge in [0.05, 0.1) is 11.2 Å². The van der Waals surface area contributed by atoms with Gasteiger partial charge in [-0.05, 0) is 19.3 Å². The lowest BCUT2D eigenvalue weighted by atomic mass is 9.93. The molecule has 0 unspecified atom stereocenters. The standard InChI is InChI=1S/C15H25N3OS/c1-10(2)15(19)18-6-5-13(11(3)8-18)16-7-14-12(4)17-9-20-14/h9-11,13,16H,5-8H2,1-4H3/t11-,13+/m1/s1. The van der Waals surface area contributed by atoms with Crippen molar-refractivity contribution in [2.24, 2.45) is 11.8 Å². The van der Waals surface area contributed by atoms with Gasteiger partial charge in [-0.25, -0.2) is 4.98 Å². The highest BCUT2D eigenvalue weighted by Gasteiger charge is 2.29. The number of carbonyl (C=O) groups is 1. The van der Waals surface area contributed by atoms with Gasteiger partial charge >= 0.3 is 0 Å². The maximum atomic E-state index is 12.0. The summed E-state index contributed by atoms with van der Waals surface area (Å²) in [6.07, 6.45) is 1.04. The van der Waals surface area contributed by atoms with E-state index in [1.54, 1.807) is 11.3 Å². The summed E-state index contributed by atoms with van der Waals surface area (Å²) in [6, 6.07) is 0.493. The SMILES string of the molecule is Cc1ncsc1CN[C@H]1CCN(C(=O)C(C)C)C[C@H]1C. The van der Waals surface area contributed by atoms with Crippen molar-refractivity contribution in [3.63, 3.8) is 0 Å². The van der Waals surface area contributed by atoms with Gasteiger partial charge in [-0.1, -0.05) is 20.8 Å². The number of aryl methyl sites for hydroxylation is 1.